The van der Waals surface area contributed by atoms with Gasteiger partial charge in [0.1, 0.15) is 5.82 Å². The van der Waals surface area contributed by atoms with Crippen molar-refractivity contribution in [1.29, 1.82) is 0 Å². The van der Waals surface area contributed by atoms with Crippen LogP contribution in [0.15, 0.2) is 24.3 Å². The molecule has 0 fully saturated rings. The molecule has 1 aromatic rings. The summed E-state index contributed by atoms with van der Waals surface area (Å²) in [4.78, 5) is 2.49. The highest BCUT2D eigenvalue weighted by molar-refractivity contribution is 5.20. The maximum Gasteiger partial charge on any atom is 0.123 e. The van der Waals surface area contributed by atoms with Crippen LogP contribution in [0.1, 0.15) is 52.1 Å². The molecule has 1 rings (SSSR count). The molecule has 0 aliphatic carbocycles. The fourth-order valence-electron chi connectivity index (χ4n) is 2.57. The molecule has 2 nitrogen and oxygen atoms in total. The van der Waals surface area contributed by atoms with Crippen molar-refractivity contribution in [2.24, 2.45) is 0 Å². The Morgan fingerprint density at radius 3 is 2.50 bits per heavy atom. The molecule has 0 bridgehead atoms. The zero-order valence-electron chi connectivity index (χ0n) is 13.3. The third kappa shape index (κ3) is 5.59. The first kappa shape index (κ1) is 17.1. The predicted octanol–water partition coefficient (Wildman–Crippen LogP) is 3.99. The average Bonchev–Trinajstić information content (AvgIpc) is 2.41. The van der Waals surface area contributed by atoms with Crippen molar-refractivity contribution in [2.45, 2.75) is 52.6 Å². The highest BCUT2D eigenvalue weighted by Gasteiger charge is 2.14. The van der Waals surface area contributed by atoms with E-state index in [-0.39, 0.29) is 11.9 Å². The summed E-state index contributed by atoms with van der Waals surface area (Å²) in [6.07, 6.45) is 2.18. The summed E-state index contributed by atoms with van der Waals surface area (Å²) in [6.45, 7) is 11.8. The molecule has 1 N–H and O–H groups in total. The highest BCUT2D eigenvalue weighted by atomic mass is 19.1. The third-order valence-electron chi connectivity index (χ3n) is 3.65. The number of halogens is 1. The second-order valence-electron chi connectivity index (χ2n) is 5.58. The molecule has 0 spiro atoms. The lowest BCUT2D eigenvalue weighted by atomic mass is 10.0. The van der Waals surface area contributed by atoms with Crippen LogP contribution < -0.4 is 5.32 Å². The maximum absolute atomic E-state index is 13.4. The first-order chi connectivity index (χ1) is 9.58. The highest BCUT2D eigenvalue weighted by Crippen LogP contribution is 2.19. The summed E-state index contributed by atoms with van der Waals surface area (Å²) in [7, 11) is 0. The molecule has 0 aliphatic rings. The Morgan fingerprint density at radius 2 is 1.95 bits per heavy atom. The van der Waals surface area contributed by atoms with E-state index in [1.54, 1.807) is 12.1 Å². The molecule has 1 unspecified atom stereocenters. The van der Waals surface area contributed by atoms with Gasteiger partial charge in [-0.2, -0.15) is 0 Å². The second-order valence-corrected chi connectivity index (χ2v) is 5.58. The largest absolute Gasteiger partial charge is 0.310 e. The second kappa shape index (κ2) is 9.09. The zero-order valence-corrected chi connectivity index (χ0v) is 13.3. The summed E-state index contributed by atoms with van der Waals surface area (Å²) in [5.74, 6) is -0.153. The molecular formula is C17H29FN2. The SMILES string of the molecule is CCCN(CCC(NCC)c1cccc(F)c1)C(C)C. The topological polar surface area (TPSA) is 15.3 Å². The van der Waals surface area contributed by atoms with Gasteiger partial charge < -0.3 is 10.2 Å². The minimum atomic E-state index is -0.153. The molecule has 0 saturated heterocycles. The molecule has 3 heteroatoms. The van der Waals surface area contributed by atoms with Crippen LogP contribution in [-0.4, -0.2) is 30.6 Å². The summed E-state index contributed by atoms with van der Waals surface area (Å²) >= 11 is 0. The molecule has 1 atom stereocenters. The van der Waals surface area contributed by atoms with Crippen molar-refractivity contribution < 1.29 is 4.39 Å². The van der Waals surface area contributed by atoms with Crippen molar-refractivity contribution in [3.8, 4) is 0 Å². The van der Waals surface area contributed by atoms with E-state index in [0.717, 1.165) is 31.6 Å². The summed E-state index contributed by atoms with van der Waals surface area (Å²) in [5, 5.41) is 3.47. The van der Waals surface area contributed by atoms with Crippen molar-refractivity contribution in [2.75, 3.05) is 19.6 Å². The van der Waals surface area contributed by atoms with E-state index in [9.17, 15) is 4.39 Å². The van der Waals surface area contributed by atoms with Crippen molar-refractivity contribution in [1.82, 2.24) is 10.2 Å². The van der Waals surface area contributed by atoms with Crippen LogP contribution in [0.3, 0.4) is 0 Å². The van der Waals surface area contributed by atoms with Gasteiger partial charge in [0, 0.05) is 18.6 Å². The molecule has 0 amide bonds. The molecule has 0 radical (unpaired) electrons. The Balaban J connectivity index is 2.67. The molecule has 0 aromatic heterocycles. The summed E-state index contributed by atoms with van der Waals surface area (Å²) < 4.78 is 13.4. The first-order valence-electron chi connectivity index (χ1n) is 7.81. The average molecular weight is 280 g/mol. The van der Waals surface area contributed by atoms with Crippen molar-refractivity contribution in [3.63, 3.8) is 0 Å². The van der Waals surface area contributed by atoms with Crippen LogP contribution in [0.5, 0.6) is 0 Å². The lowest BCUT2D eigenvalue weighted by molar-refractivity contribution is 0.210. The normalized spacial score (nSPS) is 13.2. The fraction of sp³-hybridized carbons (Fsp3) is 0.647. The minimum Gasteiger partial charge on any atom is -0.310 e. The van der Waals surface area contributed by atoms with Crippen LogP contribution in [0.25, 0.3) is 0 Å². The Morgan fingerprint density at radius 1 is 1.20 bits per heavy atom. The van der Waals surface area contributed by atoms with Gasteiger partial charge in [0.15, 0.2) is 0 Å². The van der Waals surface area contributed by atoms with Gasteiger partial charge in [0.05, 0.1) is 0 Å². The van der Waals surface area contributed by atoms with Gasteiger partial charge in [0.25, 0.3) is 0 Å². The Labute approximate surface area is 123 Å². The minimum absolute atomic E-state index is 0.153. The first-order valence-corrected chi connectivity index (χ1v) is 7.81. The molecule has 114 valence electrons. The Kier molecular flexibility index (Phi) is 7.78. The molecule has 1 aromatic carbocycles. The Hall–Kier alpha value is -0.930. The smallest absolute Gasteiger partial charge is 0.123 e. The van der Waals surface area contributed by atoms with Gasteiger partial charge in [-0.3, -0.25) is 0 Å². The number of rotatable bonds is 9. The summed E-state index contributed by atoms with van der Waals surface area (Å²) in [5.41, 5.74) is 1.05. The number of nitrogens with one attached hydrogen (secondary N) is 1. The lowest BCUT2D eigenvalue weighted by Crippen LogP contribution is -2.35. The van der Waals surface area contributed by atoms with Crippen molar-refractivity contribution >= 4 is 0 Å². The van der Waals surface area contributed by atoms with E-state index in [1.807, 2.05) is 6.07 Å². The summed E-state index contributed by atoms with van der Waals surface area (Å²) in [6, 6.07) is 7.74. The van der Waals surface area contributed by atoms with Crippen LogP contribution >= 0.6 is 0 Å². The van der Waals surface area contributed by atoms with Gasteiger partial charge in [-0.25, -0.2) is 4.39 Å². The van der Waals surface area contributed by atoms with Gasteiger partial charge in [-0.05, 0) is 57.5 Å². The quantitative estimate of drug-likeness (QED) is 0.736. The van der Waals surface area contributed by atoms with E-state index in [0.29, 0.717) is 6.04 Å². The molecule has 0 heterocycles. The number of nitrogens with zero attached hydrogens (tertiary/aromatic N) is 1. The van der Waals surface area contributed by atoms with E-state index < -0.39 is 0 Å². The predicted molar refractivity (Wildman–Crippen MR) is 84.4 cm³/mol. The van der Waals surface area contributed by atoms with Gasteiger partial charge >= 0.3 is 0 Å². The van der Waals surface area contributed by atoms with Crippen LogP contribution in [0, 0.1) is 5.82 Å². The van der Waals surface area contributed by atoms with Gasteiger partial charge in [0.2, 0.25) is 0 Å². The monoisotopic (exact) mass is 280 g/mol. The fourth-order valence-corrected chi connectivity index (χ4v) is 2.57. The molecular weight excluding hydrogens is 251 g/mol. The maximum atomic E-state index is 13.4. The standard InChI is InChI=1S/C17H29FN2/c1-5-11-20(14(3)4)12-10-17(19-6-2)15-8-7-9-16(18)13-15/h7-9,13-14,17,19H,5-6,10-12H2,1-4H3. The number of hydrogen-bond donors (Lipinski definition) is 1. The molecule has 0 aliphatic heterocycles. The van der Waals surface area contributed by atoms with E-state index >= 15 is 0 Å². The van der Waals surface area contributed by atoms with Crippen LogP contribution in [0.4, 0.5) is 4.39 Å². The lowest BCUT2D eigenvalue weighted by Gasteiger charge is -2.28. The molecule has 0 saturated carbocycles. The van der Waals surface area contributed by atoms with Gasteiger partial charge in [-0.1, -0.05) is 26.0 Å². The van der Waals surface area contributed by atoms with E-state index in [1.165, 1.54) is 12.5 Å². The van der Waals surface area contributed by atoms with Crippen molar-refractivity contribution in [3.05, 3.63) is 35.6 Å². The number of benzene rings is 1. The number of hydrogen-bond acceptors (Lipinski definition) is 2. The van der Waals surface area contributed by atoms with E-state index in [4.69, 9.17) is 0 Å². The molecule has 20 heavy (non-hydrogen) atoms. The third-order valence-corrected chi connectivity index (χ3v) is 3.65. The van der Waals surface area contributed by atoms with Crippen LogP contribution in [-0.2, 0) is 0 Å². The van der Waals surface area contributed by atoms with E-state index in [2.05, 4.69) is 37.9 Å². The van der Waals surface area contributed by atoms with Gasteiger partial charge in [-0.15, -0.1) is 0 Å². The van der Waals surface area contributed by atoms with Crippen LogP contribution in [0.2, 0.25) is 0 Å². The Bertz CT molecular complexity index is 379. The zero-order chi connectivity index (χ0) is 15.0.